The first-order valence-corrected chi connectivity index (χ1v) is 14.9. The van der Waals surface area contributed by atoms with Gasteiger partial charge in [-0.15, -0.1) is 0 Å². The zero-order valence-electron chi connectivity index (χ0n) is 22.4. The van der Waals surface area contributed by atoms with Crippen LogP contribution in [-0.4, -0.2) is 116 Å². The molecule has 220 valence electrons. The van der Waals surface area contributed by atoms with Gasteiger partial charge in [-0.05, 0) is 19.1 Å². The maximum absolute atomic E-state index is 12.4. The Balaban J connectivity index is 0.000000193. The third-order valence-electron chi connectivity index (χ3n) is 6.60. The summed E-state index contributed by atoms with van der Waals surface area (Å²) in [6, 6.07) is 6.51. The largest absolute Gasteiger partial charge is 0.371 e. The molecule has 4 saturated heterocycles. The maximum atomic E-state index is 12.4. The third kappa shape index (κ3) is 7.77. The highest BCUT2D eigenvalue weighted by Crippen LogP contribution is 2.35. The lowest BCUT2D eigenvalue weighted by Crippen LogP contribution is -2.35. The molecule has 4 aliphatic heterocycles. The molecule has 0 aromatic heterocycles. The summed E-state index contributed by atoms with van der Waals surface area (Å²) >= 11 is 1.29. The van der Waals surface area contributed by atoms with Gasteiger partial charge in [-0.25, -0.2) is 0 Å². The summed E-state index contributed by atoms with van der Waals surface area (Å²) in [6.07, 6.45) is -1.94. The van der Waals surface area contributed by atoms with E-state index in [0.29, 0.717) is 19.8 Å². The molecule has 0 N–H and O–H groups in total. The normalized spacial score (nSPS) is 33.4. The summed E-state index contributed by atoms with van der Waals surface area (Å²) in [7, 11) is -0.748. The molecule has 0 radical (unpaired) electrons. The van der Waals surface area contributed by atoms with E-state index in [1.54, 1.807) is 26.2 Å². The summed E-state index contributed by atoms with van der Waals surface area (Å²) in [5.41, 5.74) is 0.977. The van der Waals surface area contributed by atoms with E-state index in [0.717, 1.165) is 5.56 Å². The summed E-state index contributed by atoms with van der Waals surface area (Å²) in [5.74, 6) is 0. The number of fused-ring (bicyclic) bond motifs is 2. The van der Waals surface area contributed by atoms with Crippen LogP contribution in [0.4, 0.5) is 0 Å². The molecule has 39 heavy (non-hydrogen) atoms. The van der Waals surface area contributed by atoms with Crippen molar-refractivity contribution in [2.24, 2.45) is 0 Å². The van der Waals surface area contributed by atoms with Crippen LogP contribution in [0.15, 0.2) is 29.2 Å². The molecular weight excluding hydrogens is 556 g/mol. The zero-order chi connectivity index (χ0) is 28.0. The van der Waals surface area contributed by atoms with Crippen molar-refractivity contribution in [3.8, 4) is 0 Å². The number of aryl methyl sites for hydroxylation is 1. The molecule has 0 amide bonds. The van der Waals surface area contributed by atoms with Crippen LogP contribution in [0.25, 0.3) is 0 Å². The minimum atomic E-state index is -3.86. The van der Waals surface area contributed by atoms with E-state index in [4.69, 9.17) is 42.1 Å². The Morgan fingerprint density at radius 3 is 1.87 bits per heavy atom. The predicted octanol–water partition coefficient (Wildman–Crippen LogP) is 1.28. The molecule has 0 bridgehead atoms. The van der Waals surface area contributed by atoms with E-state index in [-0.39, 0.29) is 66.0 Å². The van der Waals surface area contributed by atoms with Gasteiger partial charge in [-0.3, -0.25) is 8.98 Å². The summed E-state index contributed by atoms with van der Waals surface area (Å²) in [6.45, 7) is 5.35. The average molecular weight is 593 g/mol. The zero-order valence-corrected chi connectivity index (χ0v) is 24.0. The number of carbonyl (C=O) groups excluding carboxylic acids is 1. The number of thioether (sulfide) groups is 1. The van der Waals surface area contributed by atoms with Crippen LogP contribution in [0, 0.1) is 6.92 Å². The Hall–Kier alpha value is -1.17. The second kappa shape index (κ2) is 14.1. The maximum Gasteiger partial charge on any atom is 0.297 e. The van der Waals surface area contributed by atoms with Gasteiger partial charge < -0.3 is 37.9 Å². The van der Waals surface area contributed by atoms with E-state index < -0.39 is 22.3 Å². The lowest BCUT2D eigenvalue weighted by Gasteiger charge is -2.17. The van der Waals surface area contributed by atoms with Gasteiger partial charge in [-0.2, -0.15) is 8.42 Å². The lowest BCUT2D eigenvalue weighted by atomic mass is 10.1. The number of hydrogen-bond donors (Lipinski definition) is 0. The molecule has 0 saturated carbocycles. The molecule has 14 heteroatoms. The van der Waals surface area contributed by atoms with Crippen LogP contribution >= 0.6 is 11.8 Å². The van der Waals surface area contributed by atoms with Crippen molar-refractivity contribution < 1.29 is 55.3 Å². The Bertz CT molecular complexity index is 1040. The van der Waals surface area contributed by atoms with Crippen molar-refractivity contribution in [2.75, 3.05) is 54.2 Å². The van der Waals surface area contributed by atoms with E-state index in [1.165, 1.54) is 31.0 Å². The molecule has 0 spiro atoms. The van der Waals surface area contributed by atoms with E-state index in [9.17, 15) is 13.2 Å². The number of methoxy groups -OCH3 is 2. The quantitative estimate of drug-likeness (QED) is 0.285. The van der Waals surface area contributed by atoms with Crippen LogP contribution in [0.3, 0.4) is 0 Å². The van der Waals surface area contributed by atoms with Gasteiger partial charge in [0.2, 0.25) is 0 Å². The van der Waals surface area contributed by atoms with Gasteiger partial charge >= 0.3 is 0 Å². The molecule has 1 aromatic carbocycles. The van der Waals surface area contributed by atoms with Crippen LogP contribution in [0.5, 0.6) is 0 Å². The Morgan fingerprint density at radius 1 is 0.821 bits per heavy atom. The van der Waals surface area contributed by atoms with E-state index in [1.807, 2.05) is 6.92 Å². The van der Waals surface area contributed by atoms with Gasteiger partial charge in [0.25, 0.3) is 10.1 Å². The highest BCUT2D eigenvalue weighted by molar-refractivity contribution is 8.14. The standard InChI is InChI=1S/C15H20O7S.C10H16O5S/c1-10-3-5-11(6-4-10)23(16,17)22-13-8-20-14-12(21-9-18-2)7-19-15(13)14;1-6(11)16-8-4-14-9-7(15-5-12-2)3-13-10(8)9/h3-6,12-15H,7-9H2,1-2H3;7-10H,3-5H2,1-2H3/t12-,13-,14-,15-;7-,8+,9-,10-/m11/s1. The SMILES string of the molecule is COCO[C@@H]1CO[C@H]2[C@@H]1OC[C@@H]2SC(C)=O.COCO[C@@H]1CO[C@H]2[C@@H]1OC[C@H]2OS(=O)(=O)c1ccc(C)cc1. The number of carbonyl (C=O) groups is 1. The molecule has 8 atom stereocenters. The molecule has 5 rings (SSSR count). The van der Waals surface area contributed by atoms with E-state index >= 15 is 0 Å². The topological polar surface area (TPSA) is 134 Å². The van der Waals surface area contributed by atoms with Crippen LogP contribution < -0.4 is 0 Å². The number of rotatable bonds is 10. The van der Waals surface area contributed by atoms with Gasteiger partial charge in [0, 0.05) is 21.1 Å². The fourth-order valence-corrected chi connectivity index (χ4v) is 6.79. The first kappa shape index (κ1) is 30.8. The monoisotopic (exact) mass is 592 g/mol. The van der Waals surface area contributed by atoms with Crippen molar-refractivity contribution in [1.29, 1.82) is 0 Å². The van der Waals surface area contributed by atoms with E-state index in [2.05, 4.69) is 0 Å². The first-order valence-electron chi connectivity index (χ1n) is 12.6. The molecule has 12 nitrogen and oxygen atoms in total. The van der Waals surface area contributed by atoms with Gasteiger partial charge in [0.15, 0.2) is 5.12 Å². The molecule has 0 aliphatic carbocycles. The van der Waals surface area contributed by atoms with Gasteiger partial charge in [0.1, 0.15) is 56.3 Å². The predicted molar refractivity (Wildman–Crippen MR) is 138 cm³/mol. The van der Waals surface area contributed by atoms with Crippen molar-refractivity contribution >= 4 is 27.0 Å². The summed E-state index contributed by atoms with van der Waals surface area (Å²) < 4.78 is 73.1. The Labute approximate surface area is 232 Å². The van der Waals surface area contributed by atoms with Crippen molar-refractivity contribution in [2.45, 2.75) is 66.7 Å². The van der Waals surface area contributed by atoms with Gasteiger partial charge in [0.05, 0.1) is 36.6 Å². The smallest absolute Gasteiger partial charge is 0.297 e. The molecule has 4 fully saturated rings. The molecule has 4 heterocycles. The first-order chi connectivity index (χ1) is 18.7. The minimum absolute atomic E-state index is 0.0317. The van der Waals surface area contributed by atoms with Crippen molar-refractivity contribution in [1.82, 2.24) is 0 Å². The highest BCUT2D eigenvalue weighted by atomic mass is 32.2. The number of benzene rings is 1. The average Bonchev–Trinajstić information content (AvgIpc) is 3.67. The molecule has 1 aromatic rings. The lowest BCUT2D eigenvalue weighted by molar-refractivity contribution is -0.109. The number of ether oxygens (including phenoxy) is 8. The van der Waals surface area contributed by atoms with Crippen molar-refractivity contribution in [3.05, 3.63) is 29.8 Å². The summed E-state index contributed by atoms with van der Waals surface area (Å²) in [5, 5.41) is 0.192. The van der Waals surface area contributed by atoms with Crippen molar-refractivity contribution in [3.63, 3.8) is 0 Å². The fraction of sp³-hybridized carbons (Fsp3) is 0.720. The second-order valence-corrected chi connectivity index (χ2v) is 12.5. The number of hydrogen-bond acceptors (Lipinski definition) is 13. The highest BCUT2D eigenvalue weighted by Gasteiger charge is 2.51. The molecular formula is C25H36O12S2. The van der Waals surface area contributed by atoms with Crippen LogP contribution in [0.2, 0.25) is 0 Å². The van der Waals surface area contributed by atoms with Gasteiger partial charge in [-0.1, -0.05) is 29.5 Å². The molecule has 4 aliphatic rings. The van der Waals surface area contributed by atoms with Crippen LogP contribution in [0.1, 0.15) is 12.5 Å². The second-order valence-electron chi connectivity index (χ2n) is 9.46. The Morgan fingerprint density at radius 2 is 1.31 bits per heavy atom. The Kier molecular flexibility index (Phi) is 11.2. The third-order valence-corrected chi connectivity index (χ3v) is 8.99. The minimum Gasteiger partial charge on any atom is -0.371 e. The fourth-order valence-electron chi connectivity index (χ4n) is 4.77. The summed E-state index contributed by atoms with van der Waals surface area (Å²) in [4.78, 5) is 11.2. The van der Waals surface area contributed by atoms with Crippen LogP contribution in [-0.2, 0) is 57.0 Å². The molecule has 0 unspecified atom stereocenters.